The number of methoxy groups -OCH3 is 5. The van der Waals surface area contributed by atoms with E-state index in [-0.39, 0.29) is 96.7 Å². The zero-order valence-electron chi connectivity index (χ0n) is 85.7. The molecule has 0 bridgehead atoms. The van der Waals surface area contributed by atoms with Crippen LogP contribution in [0.5, 0.6) is 57.5 Å². The van der Waals surface area contributed by atoms with Gasteiger partial charge in [0.05, 0.1) is 40.8 Å². The summed E-state index contributed by atoms with van der Waals surface area (Å²) >= 11 is 0. The molecular weight excluding hydrogens is 1730 g/mol. The number of fused-ring (bicyclic) bond motifs is 16. The molecule has 2 fully saturated rings. The number of rotatable bonds is 8. The Bertz CT molecular complexity index is 5430. The predicted octanol–water partition coefficient (Wildman–Crippen LogP) is 28.3. The quantitative estimate of drug-likeness (QED) is 0.0702. The minimum absolute atomic E-state index is 0. The molecule has 3 atom stereocenters. The highest BCUT2D eigenvalue weighted by atomic mass is 32.2. The van der Waals surface area contributed by atoms with Gasteiger partial charge in [-0.25, -0.2) is 0 Å². The van der Waals surface area contributed by atoms with Crippen LogP contribution in [-0.2, 0) is 90.0 Å². The Labute approximate surface area is 821 Å². The second-order valence-corrected chi connectivity index (χ2v) is 48.2. The second kappa shape index (κ2) is 39.6. The molecule has 9 aliphatic carbocycles. The fraction of sp³-hybridized carbons (Fsp3) is 0.504. The molecule has 137 heavy (non-hydrogen) atoms. The molecule has 16 heteroatoms. The van der Waals surface area contributed by atoms with Crippen molar-refractivity contribution in [3.63, 3.8) is 0 Å². The zero-order chi connectivity index (χ0) is 99.0. The van der Waals surface area contributed by atoms with Gasteiger partial charge in [-0.2, -0.15) is 8.42 Å². The Kier molecular flexibility index (Phi) is 31.1. The smallest absolute Gasteiger partial charge is 0.261 e. The van der Waals surface area contributed by atoms with Crippen molar-refractivity contribution in [2.75, 3.05) is 55.0 Å². The van der Waals surface area contributed by atoms with E-state index >= 15 is 0 Å². The molecule has 4 spiro atoms. The molecule has 0 amide bonds. The number of phenolic OH excluding ortho intramolecular Hbond substituents is 6. The van der Waals surface area contributed by atoms with Gasteiger partial charge >= 0.3 is 0 Å². The molecule has 1 saturated heterocycles. The average molecular weight is 1890 g/mol. The largest absolute Gasteiger partial charge is 0.508 e. The van der Waals surface area contributed by atoms with Crippen molar-refractivity contribution in [3.05, 3.63) is 294 Å². The molecule has 7 N–H and O–H groups in total. The highest BCUT2D eigenvalue weighted by Crippen LogP contribution is 2.69. The molecule has 1 saturated carbocycles. The summed E-state index contributed by atoms with van der Waals surface area (Å²) < 4.78 is 58.6. The van der Waals surface area contributed by atoms with E-state index in [9.17, 15) is 39.1 Å². The van der Waals surface area contributed by atoms with Crippen LogP contribution in [0.1, 0.15) is 344 Å². The van der Waals surface area contributed by atoms with Gasteiger partial charge in [0, 0.05) is 47.4 Å². The van der Waals surface area contributed by atoms with Gasteiger partial charge in [0.25, 0.3) is 10.1 Å². The molecule has 20 rings (SSSR count). The van der Waals surface area contributed by atoms with E-state index in [0.29, 0.717) is 35.4 Å². The molecule has 10 aliphatic rings. The summed E-state index contributed by atoms with van der Waals surface area (Å²) in [6, 6.07) is 64.3. The molecule has 1 aliphatic heterocycles. The van der Waals surface area contributed by atoms with Crippen molar-refractivity contribution in [3.8, 4) is 57.5 Å². The first-order chi connectivity index (χ1) is 62.9. The maximum absolute atomic E-state index is 10.1. The fourth-order valence-corrected chi connectivity index (χ4v) is 26.6. The van der Waals surface area contributed by atoms with Gasteiger partial charge in [-0.05, 0) is 360 Å². The molecule has 15 nitrogen and oxygen atoms in total. The first kappa shape index (κ1) is 107. The van der Waals surface area contributed by atoms with Crippen molar-refractivity contribution in [1.29, 1.82) is 0 Å². The van der Waals surface area contributed by atoms with E-state index in [4.69, 9.17) is 33.0 Å². The van der Waals surface area contributed by atoms with E-state index in [0.717, 1.165) is 116 Å². The highest BCUT2D eigenvalue weighted by Gasteiger charge is 2.61. The van der Waals surface area contributed by atoms with Crippen LogP contribution in [0.4, 0.5) is 0 Å². The van der Waals surface area contributed by atoms with E-state index in [1.807, 2.05) is 55.6 Å². The van der Waals surface area contributed by atoms with E-state index in [1.165, 1.54) is 121 Å². The summed E-state index contributed by atoms with van der Waals surface area (Å²) in [5, 5.41) is 59.0. The SMILES string of the molecule is C.C.C1CCOC1.CC(C)(c1ccc(O)cc1)c1ccc(O)cc1.CC1(C)CC2(CC(C)(C)c3ccc(O)cc32)c2cc(O)ccc21.CC1(C)CC2(CC(C)(C)c3ccc(O)cc32)c2cc(O)ccc21.CO[C@@H]1C[C@H](C)CC[C@H]1C(C)C.COc1ccc2c(c1)C1(CC2(C)C)CC(C)(C)c2ccc(OC)cc21.COc1ccc2c(c1)C1(CC2(C)C)CC(C)(C)c2ccc(OC)cc21.CS(=O)(=O)O. The summed E-state index contributed by atoms with van der Waals surface area (Å²) in [7, 11) is 5.21. The lowest BCUT2D eigenvalue weighted by atomic mass is 9.72. The Morgan fingerprint density at radius 1 is 0.328 bits per heavy atom. The third-order valence-corrected chi connectivity index (χ3v) is 32.1. The lowest BCUT2D eigenvalue weighted by molar-refractivity contribution is -0.00982. The van der Waals surface area contributed by atoms with Gasteiger partial charge in [0.1, 0.15) is 57.5 Å². The van der Waals surface area contributed by atoms with Gasteiger partial charge in [0.15, 0.2) is 0 Å². The van der Waals surface area contributed by atoms with Gasteiger partial charge < -0.3 is 59.1 Å². The average Bonchev–Trinajstić information content (AvgIpc) is 1.55. The standard InChI is InChI=1S/2C23H28O2.2C21H24O2.C15H16O2.C11H22O.C4H8O.CH4O3S.2CH4/c2*1-21(2)13-23(19-11-15(24-5)7-9-17(19)21)14-22(3,4)18-10-8-16(25-6)12-20(18)23;2*1-19(2)11-21(17-9-13(22)5-7-15(17)19)12-20(3,4)16-8-6-14(23)10-18(16)21;1-15(2,11-3-7-13(16)8-4-11)12-5-9-14(17)10-6-12;1-8(2)10-6-5-9(3)7-11(10)12-4;1-2-4-5-3-1;1-5(2,3)4;;/h2*7-12H,13-14H2,1-6H3;2*5-10,22-23H,11-12H2,1-4H3;3-10,16-17H,1-2H3;8-11H,5-7H2,1-4H3;1-4H2;1H3,(H,2,3,4);2*1H4/t;;;;;9-,10+,11-;;;;/m.....1..../s1. The van der Waals surface area contributed by atoms with Gasteiger partial charge in [-0.3, -0.25) is 4.55 Å². The van der Waals surface area contributed by atoms with Crippen LogP contribution < -0.4 is 18.9 Å². The Hall–Kier alpha value is -9.97. The summed E-state index contributed by atoms with van der Waals surface area (Å²) in [6.07, 6.45) is 16.4. The number of hydrogen-bond donors (Lipinski definition) is 7. The molecular formula is C121H162O15S. The summed E-state index contributed by atoms with van der Waals surface area (Å²) in [5.74, 6) is 8.09. The maximum atomic E-state index is 10.1. The fourth-order valence-electron chi connectivity index (χ4n) is 26.6. The van der Waals surface area contributed by atoms with E-state index < -0.39 is 10.1 Å². The highest BCUT2D eigenvalue weighted by molar-refractivity contribution is 7.85. The Morgan fingerprint density at radius 3 is 0.723 bits per heavy atom. The van der Waals surface area contributed by atoms with Crippen LogP contribution in [0.3, 0.4) is 0 Å². The predicted molar refractivity (Wildman–Crippen MR) is 560 cm³/mol. The molecule has 10 aromatic rings. The minimum atomic E-state index is -3.67. The third-order valence-electron chi connectivity index (χ3n) is 32.1. The minimum Gasteiger partial charge on any atom is -0.508 e. The monoisotopic (exact) mass is 1890 g/mol. The van der Waals surface area contributed by atoms with Crippen LogP contribution in [0.25, 0.3) is 0 Å². The number of hydrogen-bond acceptors (Lipinski definition) is 14. The summed E-state index contributed by atoms with van der Waals surface area (Å²) in [5.41, 5.74) is 24.7. The normalized spacial score (nSPS) is 21.1. The summed E-state index contributed by atoms with van der Waals surface area (Å²) in [4.78, 5) is 0. The summed E-state index contributed by atoms with van der Waals surface area (Å²) in [6.45, 7) is 50.4. The maximum Gasteiger partial charge on any atom is 0.261 e. The van der Waals surface area contributed by atoms with Crippen molar-refractivity contribution >= 4 is 10.1 Å². The molecule has 10 aromatic carbocycles. The topological polar surface area (TPSA) is 231 Å². The lowest BCUT2D eigenvalue weighted by Gasteiger charge is -2.36. The molecule has 0 aromatic heterocycles. The van der Waals surface area contributed by atoms with Gasteiger partial charge in [0.2, 0.25) is 0 Å². The Balaban J connectivity index is 0.000000156. The van der Waals surface area contributed by atoms with Gasteiger partial charge in [-0.1, -0.05) is 239 Å². The van der Waals surface area contributed by atoms with Crippen molar-refractivity contribution < 1.29 is 72.0 Å². The van der Waals surface area contributed by atoms with Crippen molar-refractivity contribution in [1.82, 2.24) is 0 Å². The van der Waals surface area contributed by atoms with E-state index in [2.05, 4.69) is 242 Å². The van der Waals surface area contributed by atoms with Crippen molar-refractivity contribution in [2.45, 2.75) is 320 Å². The Morgan fingerprint density at radius 2 is 0.533 bits per heavy atom. The van der Waals surface area contributed by atoms with Crippen LogP contribution in [0.2, 0.25) is 0 Å². The second-order valence-electron chi connectivity index (χ2n) is 46.8. The number of benzene rings is 10. The van der Waals surface area contributed by atoms with Crippen molar-refractivity contribution in [2.24, 2.45) is 17.8 Å². The van der Waals surface area contributed by atoms with Crippen LogP contribution in [0.15, 0.2) is 194 Å². The first-order valence-electron chi connectivity index (χ1n) is 48.7. The van der Waals surface area contributed by atoms with Crippen LogP contribution >= 0.6 is 0 Å². The van der Waals surface area contributed by atoms with Crippen LogP contribution in [-0.4, -0.2) is 105 Å². The number of aromatic hydroxyl groups is 6. The molecule has 0 radical (unpaired) electrons. The zero-order valence-corrected chi connectivity index (χ0v) is 86.5. The molecule has 742 valence electrons. The third kappa shape index (κ3) is 21.3. The van der Waals surface area contributed by atoms with Gasteiger partial charge in [-0.15, -0.1) is 0 Å². The molecule has 0 unspecified atom stereocenters. The lowest BCUT2D eigenvalue weighted by Crippen LogP contribution is -2.33. The first-order valence-corrected chi connectivity index (χ1v) is 50.5. The number of phenols is 6. The van der Waals surface area contributed by atoms with Crippen LogP contribution in [0, 0.1) is 17.8 Å². The number of ether oxygens (including phenoxy) is 6. The molecule has 1 heterocycles. The van der Waals surface area contributed by atoms with E-state index in [1.54, 1.807) is 77.0 Å².